The van der Waals surface area contributed by atoms with Crippen molar-refractivity contribution in [3.05, 3.63) is 295 Å². The van der Waals surface area contributed by atoms with Crippen LogP contribution in [0.15, 0.2) is 277 Å². The molecule has 0 N–H and O–H groups in total. The van der Waals surface area contributed by atoms with Crippen molar-refractivity contribution < 1.29 is 4.42 Å². The standard InChI is InChI=1S/C78H49BN2O/c1-5-21-48(22-6-1)39-62-59-33-17-18-34-60(59)63(40-49-23-7-2-8-24-49)65-46-69-67(45-64(62)65)79-77-70(80(69)56-42-54(50-25-9-3-10-26-50)41-55(43-56)51-27-11-4-12-28-51)47-72-74(61-35-19-20-36-71(61)82-72)75(77)66-44-53-30-14-16-32-58(53)76-73-57-31-15-13-29-52(57)37-38-68(73)81(79)78(66)76/h1-38,41-47H,39-40H2. The van der Waals surface area contributed by atoms with Crippen LogP contribution in [-0.2, 0) is 12.8 Å². The fraction of sp³-hybridized carbons (Fsp3) is 0.0256. The summed E-state index contributed by atoms with van der Waals surface area (Å²) in [6.45, 7) is -0.243. The topological polar surface area (TPSA) is 21.3 Å². The molecular weight excluding hydrogens is 992 g/mol. The van der Waals surface area contributed by atoms with Crippen LogP contribution in [0.2, 0.25) is 0 Å². The van der Waals surface area contributed by atoms with Crippen molar-refractivity contribution in [2.75, 3.05) is 4.90 Å². The monoisotopic (exact) mass is 1040 g/mol. The Labute approximate surface area is 474 Å². The second kappa shape index (κ2) is 17.5. The highest BCUT2D eigenvalue weighted by Gasteiger charge is 2.45. The molecule has 0 saturated heterocycles. The molecule has 3 nitrogen and oxygen atoms in total. The van der Waals surface area contributed by atoms with E-state index in [2.05, 4.69) is 282 Å². The van der Waals surface area contributed by atoms with E-state index in [1.54, 1.807) is 0 Å². The zero-order chi connectivity index (χ0) is 53.6. The Bertz CT molecular complexity index is 5280. The number of anilines is 3. The van der Waals surface area contributed by atoms with Gasteiger partial charge in [-0.2, -0.15) is 0 Å². The molecule has 0 atom stereocenters. The first-order valence-corrected chi connectivity index (χ1v) is 28.7. The first-order valence-electron chi connectivity index (χ1n) is 28.7. The summed E-state index contributed by atoms with van der Waals surface area (Å²) in [6, 6.07) is 102. The minimum Gasteiger partial charge on any atom is -0.456 e. The average Bonchev–Trinajstić information content (AvgIpc) is 1.77. The van der Waals surface area contributed by atoms with Crippen molar-refractivity contribution in [2.24, 2.45) is 0 Å². The van der Waals surface area contributed by atoms with E-state index in [0.29, 0.717) is 0 Å². The molecule has 18 rings (SSSR count). The molecule has 4 heteroatoms. The SMILES string of the molecule is c1ccc(Cc2c3ccccc3c(Cc3ccccc3)c3cc4c(cc23)B2c3c(cc5oc6ccccc6c5c3-c3cc5ccccc5c5c6c7ccccc7ccc6n2c35)N4c2cc(-c3ccccc3)cc(-c3ccccc3)c2)cc1. The van der Waals surface area contributed by atoms with Gasteiger partial charge in [-0.15, -0.1) is 0 Å². The lowest BCUT2D eigenvalue weighted by molar-refractivity contribution is 0.669. The molecule has 14 aromatic carbocycles. The lowest BCUT2D eigenvalue weighted by Crippen LogP contribution is -2.56. The summed E-state index contributed by atoms with van der Waals surface area (Å²) in [6.07, 6.45) is 1.57. The molecule has 380 valence electrons. The number of nitrogens with zero attached hydrogens (tertiary/aromatic N) is 2. The number of fused-ring (bicyclic) bond motifs is 17. The summed E-state index contributed by atoms with van der Waals surface area (Å²) >= 11 is 0. The second-order valence-corrected chi connectivity index (χ2v) is 22.6. The smallest absolute Gasteiger partial charge is 0.333 e. The normalized spacial score (nSPS) is 12.7. The Kier molecular flexibility index (Phi) is 9.72. The number of rotatable bonds is 7. The van der Waals surface area contributed by atoms with Crippen molar-refractivity contribution >= 4 is 122 Å². The summed E-state index contributed by atoms with van der Waals surface area (Å²) in [5, 5.41) is 15.0. The van der Waals surface area contributed by atoms with Crippen LogP contribution in [0.4, 0.5) is 17.1 Å². The molecule has 0 bridgehead atoms. The first-order chi connectivity index (χ1) is 40.7. The Balaban J connectivity index is 1.07. The van der Waals surface area contributed by atoms with Gasteiger partial charge in [0.25, 0.3) is 0 Å². The fourth-order valence-corrected chi connectivity index (χ4v) is 14.7. The molecule has 0 unspecified atom stereocenters. The van der Waals surface area contributed by atoms with Crippen molar-refractivity contribution in [3.63, 3.8) is 0 Å². The van der Waals surface area contributed by atoms with Crippen LogP contribution in [0.25, 0.3) is 120 Å². The van der Waals surface area contributed by atoms with Crippen LogP contribution in [0.3, 0.4) is 0 Å². The van der Waals surface area contributed by atoms with Crippen LogP contribution in [0.5, 0.6) is 0 Å². The van der Waals surface area contributed by atoms with Gasteiger partial charge >= 0.3 is 6.85 Å². The van der Waals surface area contributed by atoms with E-state index in [4.69, 9.17) is 4.42 Å². The molecule has 2 aromatic heterocycles. The maximum Gasteiger partial charge on any atom is 0.333 e. The molecule has 0 fully saturated rings. The van der Waals surface area contributed by atoms with Gasteiger partial charge in [0.1, 0.15) is 11.2 Å². The van der Waals surface area contributed by atoms with Crippen molar-refractivity contribution in [3.8, 4) is 33.4 Å². The van der Waals surface area contributed by atoms with Gasteiger partial charge in [0.15, 0.2) is 0 Å². The molecule has 2 aliphatic heterocycles. The van der Waals surface area contributed by atoms with Crippen LogP contribution >= 0.6 is 0 Å². The number of hydrogen-bond acceptors (Lipinski definition) is 2. The molecule has 0 amide bonds. The average molecular weight is 1040 g/mol. The van der Waals surface area contributed by atoms with Crippen LogP contribution < -0.4 is 15.8 Å². The van der Waals surface area contributed by atoms with E-state index >= 15 is 0 Å². The maximum atomic E-state index is 7.21. The molecule has 0 radical (unpaired) electrons. The van der Waals surface area contributed by atoms with Gasteiger partial charge in [-0.25, -0.2) is 0 Å². The maximum absolute atomic E-state index is 7.21. The Morgan fingerprint density at radius 3 is 1.54 bits per heavy atom. The Morgan fingerprint density at radius 2 is 0.890 bits per heavy atom. The van der Waals surface area contributed by atoms with E-state index in [1.165, 1.54) is 120 Å². The Hall–Kier alpha value is -10.4. The molecular formula is C78H49BN2O. The van der Waals surface area contributed by atoms with E-state index in [9.17, 15) is 0 Å². The lowest BCUT2D eigenvalue weighted by atomic mass is 9.44. The van der Waals surface area contributed by atoms with Gasteiger partial charge in [-0.3, -0.25) is 0 Å². The third-order valence-corrected chi connectivity index (χ3v) is 18.2. The van der Waals surface area contributed by atoms with Gasteiger partial charge in [-0.05, 0) is 159 Å². The van der Waals surface area contributed by atoms with Crippen molar-refractivity contribution in [1.82, 2.24) is 4.48 Å². The number of hydrogen-bond donors (Lipinski definition) is 0. The predicted molar refractivity (Wildman–Crippen MR) is 347 cm³/mol. The van der Waals surface area contributed by atoms with Crippen molar-refractivity contribution in [1.29, 1.82) is 0 Å². The van der Waals surface area contributed by atoms with Gasteiger partial charge < -0.3 is 13.8 Å². The summed E-state index contributed by atoms with van der Waals surface area (Å²) in [4.78, 5) is 2.62. The summed E-state index contributed by atoms with van der Waals surface area (Å²) in [5.41, 5.74) is 22.5. The molecule has 2 aliphatic rings. The third-order valence-electron chi connectivity index (χ3n) is 18.2. The predicted octanol–water partition coefficient (Wildman–Crippen LogP) is 19.2. The van der Waals surface area contributed by atoms with Gasteiger partial charge in [0.2, 0.25) is 0 Å². The number of aromatic nitrogens is 1. The minimum absolute atomic E-state index is 0.243. The van der Waals surface area contributed by atoms with Crippen LogP contribution in [0, 0.1) is 0 Å². The summed E-state index contributed by atoms with van der Waals surface area (Å²) in [7, 11) is 0. The summed E-state index contributed by atoms with van der Waals surface area (Å²) in [5.74, 6) is 0. The highest BCUT2D eigenvalue weighted by Crippen LogP contribution is 2.53. The van der Waals surface area contributed by atoms with Gasteiger partial charge in [0.05, 0.1) is 0 Å². The van der Waals surface area contributed by atoms with E-state index in [-0.39, 0.29) is 6.85 Å². The number of para-hydroxylation sites is 1. The molecule has 4 heterocycles. The number of furan rings is 1. The van der Waals surface area contributed by atoms with Crippen LogP contribution in [-0.4, -0.2) is 11.3 Å². The molecule has 0 saturated carbocycles. The molecule has 0 spiro atoms. The highest BCUT2D eigenvalue weighted by atomic mass is 16.3. The Morgan fingerprint density at radius 1 is 0.354 bits per heavy atom. The second-order valence-electron chi connectivity index (χ2n) is 22.6. The van der Waals surface area contributed by atoms with Crippen molar-refractivity contribution in [2.45, 2.75) is 12.8 Å². The molecule has 0 aliphatic carbocycles. The number of benzene rings is 14. The van der Waals surface area contributed by atoms with E-state index in [0.717, 1.165) is 63.0 Å². The quantitative estimate of drug-likeness (QED) is 0.117. The van der Waals surface area contributed by atoms with Crippen LogP contribution in [0.1, 0.15) is 22.3 Å². The van der Waals surface area contributed by atoms with Gasteiger partial charge in [-0.1, -0.05) is 224 Å². The lowest BCUT2D eigenvalue weighted by Gasteiger charge is -2.41. The highest BCUT2D eigenvalue weighted by molar-refractivity contribution is 6.90. The largest absolute Gasteiger partial charge is 0.456 e. The van der Waals surface area contributed by atoms with E-state index < -0.39 is 0 Å². The first kappa shape index (κ1) is 45.4. The van der Waals surface area contributed by atoms with Gasteiger partial charge in [0, 0.05) is 61.3 Å². The molecule has 16 aromatic rings. The fourth-order valence-electron chi connectivity index (χ4n) is 14.7. The third kappa shape index (κ3) is 6.61. The summed E-state index contributed by atoms with van der Waals surface area (Å²) < 4.78 is 9.97. The zero-order valence-electron chi connectivity index (χ0n) is 44.8. The molecule has 82 heavy (non-hydrogen) atoms. The minimum atomic E-state index is -0.243. The van der Waals surface area contributed by atoms with E-state index in [1.807, 2.05) is 0 Å². The zero-order valence-corrected chi connectivity index (χ0v) is 44.8.